The van der Waals surface area contributed by atoms with Gasteiger partial charge < -0.3 is 15.3 Å². The third-order valence-corrected chi connectivity index (χ3v) is 4.23. The first-order valence-corrected chi connectivity index (χ1v) is 6.83. The van der Waals surface area contributed by atoms with E-state index >= 15 is 0 Å². The Labute approximate surface area is 108 Å². The number of nitrogens with zero attached hydrogens (tertiary/aromatic N) is 1. The van der Waals surface area contributed by atoms with Crippen LogP contribution in [0.2, 0.25) is 0 Å². The molecule has 2 N–H and O–H groups in total. The number of carboxylic acids is 1. The van der Waals surface area contributed by atoms with Crippen LogP contribution in [-0.4, -0.2) is 41.6 Å². The summed E-state index contributed by atoms with van der Waals surface area (Å²) >= 11 is 0. The van der Waals surface area contributed by atoms with Crippen LogP contribution in [0.25, 0.3) is 0 Å². The predicted octanol–water partition coefficient (Wildman–Crippen LogP) is 1.68. The first-order valence-electron chi connectivity index (χ1n) is 6.83. The van der Waals surface area contributed by atoms with Crippen molar-refractivity contribution in [1.82, 2.24) is 10.2 Å². The number of carbonyl (C=O) groups excluding carboxylic acids is 1. The highest BCUT2D eigenvalue weighted by Crippen LogP contribution is 2.34. The summed E-state index contributed by atoms with van der Waals surface area (Å²) in [6.07, 6.45) is 4.43. The van der Waals surface area contributed by atoms with E-state index in [9.17, 15) is 14.7 Å². The predicted molar refractivity (Wildman–Crippen MR) is 67.3 cm³/mol. The lowest BCUT2D eigenvalue weighted by molar-refractivity contribution is -0.152. The molecule has 1 atom stereocenters. The Morgan fingerprint density at radius 2 is 2.17 bits per heavy atom. The highest BCUT2D eigenvalue weighted by atomic mass is 16.4. The van der Waals surface area contributed by atoms with Gasteiger partial charge in [0.1, 0.15) is 0 Å². The molecule has 1 saturated heterocycles. The van der Waals surface area contributed by atoms with Crippen LogP contribution in [0, 0.1) is 11.3 Å². The fourth-order valence-electron chi connectivity index (χ4n) is 2.58. The Morgan fingerprint density at radius 3 is 2.72 bits per heavy atom. The molecule has 1 aliphatic heterocycles. The van der Waals surface area contributed by atoms with Crippen molar-refractivity contribution >= 4 is 12.0 Å². The van der Waals surface area contributed by atoms with Crippen molar-refractivity contribution in [2.24, 2.45) is 11.3 Å². The van der Waals surface area contributed by atoms with Gasteiger partial charge in [-0.1, -0.05) is 6.92 Å². The summed E-state index contributed by atoms with van der Waals surface area (Å²) in [6, 6.07) is -0.0966. The zero-order valence-electron chi connectivity index (χ0n) is 10.9. The van der Waals surface area contributed by atoms with E-state index in [1.165, 1.54) is 12.8 Å². The average Bonchev–Trinajstić information content (AvgIpc) is 3.19. The lowest BCUT2D eigenvalue weighted by Crippen LogP contribution is -2.52. The zero-order chi connectivity index (χ0) is 13.2. The molecule has 102 valence electrons. The Kier molecular flexibility index (Phi) is 3.78. The second-order valence-corrected chi connectivity index (χ2v) is 5.59. The number of nitrogens with one attached hydrogen (secondary N) is 1. The number of rotatable bonds is 4. The van der Waals surface area contributed by atoms with Crippen LogP contribution in [0.3, 0.4) is 0 Å². The Hall–Kier alpha value is -1.26. The third kappa shape index (κ3) is 2.76. The number of carboxylic acid groups (broad SMARTS) is 1. The standard InChI is InChI=1S/C13H22N2O3/c1-2-13(11(16)17)6-3-7-15(9-13)12(18)14-8-10-4-5-10/h10H,2-9H2,1H3,(H,14,18)(H,16,17). The maximum Gasteiger partial charge on any atom is 0.317 e. The van der Waals surface area contributed by atoms with E-state index in [0.29, 0.717) is 31.8 Å². The largest absolute Gasteiger partial charge is 0.481 e. The van der Waals surface area contributed by atoms with Gasteiger partial charge in [0.05, 0.1) is 5.41 Å². The fraction of sp³-hybridized carbons (Fsp3) is 0.846. The van der Waals surface area contributed by atoms with Crippen molar-refractivity contribution in [2.45, 2.75) is 39.0 Å². The van der Waals surface area contributed by atoms with E-state index < -0.39 is 11.4 Å². The first-order chi connectivity index (χ1) is 8.57. The number of likely N-dealkylation sites (tertiary alicyclic amines) is 1. The summed E-state index contributed by atoms with van der Waals surface area (Å²) in [5, 5.41) is 12.3. The van der Waals surface area contributed by atoms with E-state index in [2.05, 4.69) is 5.32 Å². The molecule has 5 heteroatoms. The summed E-state index contributed by atoms with van der Waals surface area (Å²) in [5.41, 5.74) is -0.741. The molecule has 0 aromatic heterocycles. The molecule has 2 aliphatic rings. The first kappa shape index (κ1) is 13.2. The van der Waals surface area contributed by atoms with Crippen LogP contribution in [0.1, 0.15) is 39.0 Å². The van der Waals surface area contributed by atoms with Crippen LogP contribution in [-0.2, 0) is 4.79 Å². The molecule has 1 unspecified atom stereocenters. The van der Waals surface area contributed by atoms with Gasteiger partial charge in [-0.05, 0) is 38.0 Å². The quantitative estimate of drug-likeness (QED) is 0.802. The van der Waals surface area contributed by atoms with E-state index in [1.807, 2.05) is 6.92 Å². The van der Waals surface area contributed by atoms with E-state index in [1.54, 1.807) is 4.90 Å². The van der Waals surface area contributed by atoms with Gasteiger partial charge in [0.2, 0.25) is 0 Å². The lowest BCUT2D eigenvalue weighted by atomic mass is 9.78. The second kappa shape index (κ2) is 5.16. The summed E-state index contributed by atoms with van der Waals surface area (Å²) in [5.74, 6) is -0.126. The molecule has 2 rings (SSSR count). The molecule has 1 aliphatic carbocycles. The van der Waals surface area contributed by atoms with Crippen molar-refractivity contribution in [1.29, 1.82) is 0 Å². The number of amides is 2. The Morgan fingerprint density at radius 1 is 1.44 bits per heavy atom. The van der Waals surface area contributed by atoms with E-state index in [4.69, 9.17) is 0 Å². The number of carbonyl (C=O) groups is 2. The third-order valence-electron chi connectivity index (χ3n) is 4.23. The SMILES string of the molecule is CCC1(C(=O)O)CCCN(C(=O)NCC2CC2)C1. The molecule has 5 nitrogen and oxygen atoms in total. The van der Waals surface area contributed by atoms with Crippen LogP contribution < -0.4 is 5.32 Å². The molecular formula is C13H22N2O3. The highest BCUT2D eigenvalue weighted by molar-refractivity contribution is 5.78. The summed E-state index contributed by atoms with van der Waals surface area (Å²) in [7, 11) is 0. The minimum atomic E-state index is -0.773. The molecule has 2 amide bonds. The molecule has 0 spiro atoms. The molecule has 0 radical (unpaired) electrons. The molecule has 18 heavy (non-hydrogen) atoms. The molecule has 1 saturated carbocycles. The molecule has 0 aromatic rings. The van der Waals surface area contributed by atoms with Gasteiger partial charge in [-0.3, -0.25) is 4.79 Å². The summed E-state index contributed by atoms with van der Waals surface area (Å²) in [4.78, 5) is 25.0. The lowest BCUT2D eigenvalue weighted by Gasteiger charge is -2.39. The van der Waals surface area contributed by atoms with E-state index in [0.717, 1.165) is 13.0 Å². The van der Waals surface area contributed by atoms with Crippen LogP contribution >= 0.6 is 0 Å². The topological polar surface area (TPSA) is 69.6 Å². The van der Waals surface area contributed by atoms with Crippen molar-refractivity contribution in [3.8, 4) is 0 Å². The van der Waals surface area contributed by atoms with E-state index in [-0.39, 0.29) is 6.03 Å². The maximum atomic E-state index is 12.0. The van der Waals surface area contributed by atoms with Crippen LogP contribution in [0.5, 0.6) is 0 Å². The molecule has 1 heterocycles. The summed E-state index contributed by atoms with van der Waals surface area (Å²) < 4.78 is 0. The smallest absolute Gasteiger partial charge is 0.317 e. The molecule has 2 fully saturated rings. The molecule has 0 bridgehead atoms. The van der Waals surface area contributed by atoms with Gasteiger partial charge in [-0.15, -0.1) is 0 Å². The van der Waals surface area contributed by atoms with Crippen LogP contribution in [0.4, 0.5) is 4.79 Å². The van der Waals surface area contributed by atoms with Crippen molar-refractivity contribution < 1.29 is 14.7 Å². The van der Waals surface area contributed by atoms with Gasteiger partial charge >= 0.3 is 12.0 Å². The van der Waals surface area contributed by atoms with Gasteiger partial charge in [0.15, 0.2) is 0 Å². The summed E-state index contributed by atoms with van der Waals surface area (Å²) in [6.45, 7) is 3.64. The minimum absolute atomic E-state index is 0.0966. The second-order valence-electron chi connectivity index (χ2n) is 5.59. The Balaban J connectivity index is 1.91. The normalized spacial score (nSPS) is 27.9. The van der Waals surface area contributed by atoms with Gasteiger partial charge in [0, 0.05) is 19.6 Å². The van der Waals surface area contributed by atoms with Gasteiger partial charge in [0.25, 0.3) is 0 Å². The number of hydrogen-bond acceptors (Lipinski definition) is 2. The number of hydrogen-bond donors (Lipinski definition) is 2. The van der Waals surface area contributed by atoms with Crippen molar-refractivity contribution in [2.75, 3.05) is 19.6 Å². The number of urea groups is 1. The van der Waals surface area contributed by atoms with Crippen LogP contribution in [0.15, 0.2) is 0 Å². The van der Waals surface area contributed by atoms with Crippen molar-refractivity contribution in [3.05, 3.63) is 0 Å². The zero-order valence-corrected chi connectivity index (χ0v) is 10.9. The fourth-order valence-corrected chi connectivity index (χ4v) is 2.58. The van der Waals surface area contributed by atoms with Crippen molar-refractivity contribution in [3.63, 3.8) is 0 Å². The van der Waals surface area contributed by atoms with Gasteiger partial charge in [-0.25, -0.2) is 4.79 Å². The van der Waals surface area contributed by atoms with Gasteiger partial charge in [-0.2, -0.15) is 0 Å². The highest BCUT2D eigenvalue weighted by Gasteiger charge is 2.42. The maximum absolute atomic E-state index is 12.0. The average molecular weight is 254 g/mol. The number of aliphatic carboxylic acids is 1. The monoisotopic (exact) mass is 254 g/mol. The molecular weight excluding hydrogens is 232 g/mol. The Bertz CT molecular complexity index is 341. The number of piperidine rings is 1. The molecule has 0 aromatic carbocycles. The minimum Gasteiger partial charge on any atom is -0.481 e.